The zero-order valence-corrected chi connectivity index (χ0v) is 14.4. The molecule has 0 saturated carbocycles. The van der Waals surface area contributed by atoms with Gasteiger partial charge in [-0.3, -0.25) is 4.79 Å². The Labute approximate surface area is 148 Å². The number of Topliss-reactive ketones (excluding diaryl/α,β-unsaturated/α-hetero) is 1. The van der Waals surface area contributed by atoms with E-state index in [1.165, 1.54) is 0 Å². The lowest BCUT2D eigenvalue weighted by Crippen LogP contribution is -2.24. The third kappa shape index (κ3) is 7.04. The molecule has 2 rings (SSSR count). The molecule has 1 N–H and O–H groups in total. The molecule has 4 nitrogen and oxygen atoms in total. The van der Waals surface area contributed by atoms with Crippen LogP contribution in [0, 0.1) is 0 Å². The summed E-state index contributed by atoms with van der Waals surface area (Å²) in [6.45, 7) is 2.35. The number of hydrogen-bond acceptors (Lipinski definition) is 3. The Morgan fingerprint density at radius 3 is 2.52 bits per heavy atom. The van der Waals surface area contributed by atoms with Gasteiger partial charge in [0.15, 0.2) is 0 Å². The lowest BCUT2D eigenvalue weighted by molar-refractivity contribution is -0.116. The molecule has 2 aromatic rings. The molecule has 0 unspecified atom stereocenters. The number of benzene rings is 2. The first-order valence-electron chi connectivity index (χ1n) is 8.33. The van der Waals surface area contributed by atoms with Crippen LogP contribution in [-0.2, 0) is 22.6 Å². The number of rotatable bonds is 8. The van der Waals surface area contributed by atoms with Crippen molar-refractivity contribution in [1.82, 2.24) is 5.32 Å². The zero-order valence-electron chi connectivity index (χ0n) is 14.4. The fraction of sp³-hybridized carbons (Fsp3) is 0.238. The first kappa shape index (κ1) is 18.5. The maximum absolute atomic E-state index is 11.6. The van der Waals surface area contributed by atoms with Crippen molar-refractivity contribution < 1.29 is 14.3 Å². The average molecular weight is 337 g/mol. The van der Waals surface area contributed by atoms with E-state index in [9.17, 15) is 9.59 Å². The quantitative estimate of drug-likeness (QED) is 0.736. The van der Waals surface area contributed by atoms with Crippen molar-refractivity contribution in [2.24, 2.45) is 0 Å². The van der Waals surface area contributed by atoms with Crippen LogP contribution < -0.4 is 5.32 Å². The smallest absolute Gasteiger partial charge is 0.407 e. The number of nitrogens with one attached hydrogen (secondary N) is 1. The molecule has 0 atom stereocenters. The Balaban J connectivity index is 1.71. The van der Waals surface area contributed by atoms with Crippen LogP contribution in [0.4, 0.5) is 4.79 Å². The van der Waals surface area contributed by atoms with Gasteiger partial charge in [-0.15, -0.1) is 0 Å². The minimum atomic E-state index is -0.422. The van der Waals surface area contributed by atoms with E-state index in [1.54, 1.807) is 6.92 Å². The minimum Gasteiger partial charge on any atom is -0.445 e. The van der Waals surface area contributed by atoms with E-state index < -0.39 is 6.09 Å². The summed E-state index contributed by atoms with van der Waals surface area (Å²) >= 11 is 0. The Morgan fingerprint density at radius 1 is 1.04 bits per heavy atom. The monoisotopic (exact) mass is 337 g/mol. The van der Waals surface area contributed by atoms with Crippen molar-refractivity contribution in [3.8, 4) is 0 Å². The molecule has 0 fully saturated rings. The van der Waals surface area contributed by atoms with Crippen molar-refractivity contribution in [1.29, 1.82) is 0 Å². The van der Waals surface area contributed by atoms with Gasteiger partial charge in [0.25, 0.3) is 0 Å². The molecular weight excluding hydrogens is 314 g/mol. The van der Waals surface area contributed by atoms with Gasteiger partial charge in [0.05, 0.1) is 0 Å². The van der Waals surface area contributed by atoms with Crippen molar-refractivity contribution in [2.45, 2.75) is 26.4 Å². The van der Waals surface area contributed by atoms with Gasteiger partial charge < -0.3 is 10.1 Å². The number of alkyl carbamates (subject to hydrolysis) is 1. The van der Waals surface area contributed by atoms with Gasteiger partial charge in [0, 0.05) is 13.0 Å². The number of ether oxygens (including phenoxy) is 1. The fourth-order valence-electron chi connectivity index (χ4n) is 2.37. The lowest BCUT2D eigenvalue weighted by Gasteiger charge is -2.06. The van der Waals surface area contributed by atoms with Gasteiger partial charge in [-0.05, 0) is 30.0 Å². The summed E-state index contributed by atoms with van der Waals surface area (Å²) in [6, 6.07) is 17.4. The predicted octanol–water partition coefficient (Wildman–Crippen LogP) is 4.15. The van der Waals surface area contributed by atoms with Gasteiger partial charge >= 0.3 is 6.09 Å². The highest BCUT2D eigenvalue weighted by Gasteiger charge is 2.02. The number of amides is 1. The molecule has 25 heavy (non-hydrogen) atoms. The summed E-state index contributed by atoms with van der Waals surface area (Å²) in [5, 5.41) is 2.72. The van der Waals surface area contributed by atoms with Gasteiger partial charge in [-0.2, -0.15) is 0 Å². The zero-order chi connectivity index (χ0) is 17.9. The molecule has 0 aliphatic carbocycles. The van der Waals surface area contributed by atoms with Gasteiger partial charge in [0.1, 0.15) is 12.4 Å². The number of carbonyl (C=O) groups excluding carboxylic acids is 2. The van der Waals surface area contributed by atoms with Crippen LogP contribution in [0.1, 0.15) is 30.0 Å². The normalized spacial score (nSPS) is 10.6. The molecule has 4 heteroatoms. The lowest BCUT2D eigenvalue weighted by atomic mass is 10.0. The molecule has 2 aromatic carbocycles. The SMILES string of the molecule is CC(=O)Cc1ccccc1C=CCCNC(=O)OCc1ccccc1. The summed E-state index contributed by atoms with van der Waals surface area (Å²) in [6.07, 6.45) is 4.67. The van der Waals surface area contributed by atoms with Crippen LogP contribution in [0.3, 0.4) is 0 Å². The predicted molar refractivity (Wildman–Crippen MR) is 99.1 cm³/mol. The standard InChI is InChI=1S/C21H23NO3/c1-17(23)15-20-13-6-5-11-19(20)12-7-8-14-22-21(24)25-16-18-9-3-2-4-10-18/h2-7,9-13H,8,14-16H2,1H3,(H,22,24). The second-order valence-corrected chi connectivity index (χ2v) is 5.76. The third-order valence-electron chi connectivity index (χ3n) is 3.58. The molecule has 130 valence electrons. The van der Waals surface area contributed by atoms with Crippen LogP contribution in [-0.4, -0.2) is 18.4 Å². The Kier molecular flexibility index (Phi) is 7.44. The maximum Gasteiger partial charge on any atom is 0.407 e. The van der Waals surface area contributed by atoms with Gasteiger partial charge in [0.2, 0.25) is 0 Å². The molecule has 0 bridgehead atoms. The van der Waals surface area contributed by atoms with Crippen molar-refractivity contribution >= 4 is 18.0 Å². The number of ketones is 1. The molecule has 0 spiro atoms. The van der Waals surface area contributed by atoms with E-state index in [0.717, 1.165) is 16.7 Å². The van der Waals surface area contributed by atoms with Gasteiger partial charge in [-0.25, -0.2) is 4.79 Å². The highest BCUT2D eigenvalue weighted by atomic mass is 16.5. The highest BCUT2D eigenvalue weighted by Crippen LogP contribution is 2.12. The van der Waals surface area contributed by atoms with Crippen molar-refractivity contribution in [2.75, 3.05) is 6.54 Å². The third-order valence-corrected chi connectivity index (χ3v) is 3.58. The first-order valence-corrected chi connectivity index (χ1v) is 8.33. The summed E-state index contributed by atoms with van der Waals surface area (Å²) in [4.78, 5) is 22.9. The summed E-state index contributed by atoms with van der Waals surface area (Å²) in [5.41, 5.74) is 3.01. The van der Waals surface area contributed by atoms with Crippen LogP contribution in [0.2, 0.25) is 0 Å². The highest BCUT2D eigenvalue weighted by molar-refractivity contribution is 5.79. The maximum atomic E-state index is 11.6. The van der Waals surface area contributed by atoms with E-state index in [0.29, 0.717) is 19.4 Å². The molecule has 0 aliphatic rings. The van der Waals surface area contributed by atoms with E-state index in [4.69, 9.17) is 4.74 Å². The van der Waals surface area contributed by atoms with E-state index in [-0.39, 0.29) is 12.4 Å². The Hall–Kier alpha value is -2.88. The average Bonchev–Trinajstić information content (AvgIpc) is 2.61. The van der Waals surface area contributed by atoms with E-state index in [1.807, 2.05) is 66.7 Å². The van der Waals surface area contributed by atoms with E-state index >= 15 is 0 Å². The largest absolute Gasteiger partial charge is 0.445 e. The fourth-order valence-corrected chi connectivity index (χ4v) is 2.37. The molecule has 0 saturated heterocycles. The van der Waals surface area contributed by atoms with Crippen LogP contribution >= 0.6 is 0 Å². The second kappa shape index (κ2) is 10.1. The number of hydrogen-bond donors (Lipinski definition) is 1. The van der Waals surface area contributed by atoms with Crippen LogP contribution in [0.15, 0.2) is 60.7 Å². The van der Waals surface area contributed by atoms with Crippen molar-refractivity contribution in [3.63, 3.8) is 0 Å². The summed E-state index contributed by atoms with van der Waals surface area (Å²) in [5.74, 6) is 0.142. The topological polar surface area (TPSA) is 55.4 Å². The van der Waals surface area contributed by atoms with Crippen LogP contribution in [0.25, 0.3) is 6.08 Å². The molecule has 0 aliphatic heterocycles. The summed E-state index contributed by atoms with van der Waals surface area (Å²) < 4.78 is 5.14. The Morgan fingerprint density at radius 2 is 1.76 bits per heavy atom. The van der Waals surface area contributed by atoms with E-state index in [2.05, 4.69) is 5.32 Å². The van der Waals surface area contributed by atoms with Gasteiger partial charge in [-0.1, -0.05) is 66.7 Å². The molecular formula is C21H23NO3. The minimum absolute atomic E-state index is 0.142. The first-order chi connectivity index (χ1) is 12.1. The van der Waals surface area contributed by atoms with Crippen LogP contribution in [0.5, 0.6) is 0 Å². The molecule has 0 radical (unpaired) electrons. The molecule has 0 heterocycles. The van der Waals surface area contributed by atoms with Crippen molar-refractivity contribution in [3.05, 3.63) is 77.4 Å². The molecule has 1 amide bonds. The Bertz CT molecular complexity index is 723. The number of carbonyl (C=O) groups is 2. The molecule has 0 aromatic heterocycles. The summed E-state index contributed by atoms with van der Waals surface area (Å²) in [7, 11) is 0. The second-order valence-electron chi connectivity index (χ2n) is 5.76.